The van der Waals surface area contributed by atoms with E-state index in [0.29, 0.717) is 6.54 Å². The molecule has 0 saturated carbocycles. The van der Waals surface area contributed by atoms with Gasteiger partial charge in [0.2, 0.25) is 10.0 Å². The van der Waals surface area contributed by atoms with Crippen molar-refractivity contribution < 1.29 is 21.6 Å². The predicted molar refractivity (Wildman–Crippen MR) is 88.9 cm³/mol. The standard InChI is InChI=1S/C13H21F3N4O2S2/c1-3-17-12(18-7-6-13(14,15)16)19-8-9-20-24(21,22)11-5-4-10(2)23-11/h4-5,20H,3,6-9H2,1-2H3,(H2,17,18,19). The van der Waals surface area contributed by atoms with Crippen LogP contribution in [0.15, 0.2) is 21.3 Å². The number of halogens is 3. The summed E-state index contributed by atoms with van der Waals surface area (Å²) in [6.07, 6.45) is -5.26. The van der Waals surface area contributed by atoms with E-state index in [0.717, 1.165) is 4.88 Å². The molecule has 138 valence electrons. The summed E-state index contributed by atoms with van der Waals surface area (Å²) in [6, 6.07) is 3.24. The van der Waals surface area contributed by atoms with Crippen LogP contribution in [-0.4, -0.2) is 46.7 Å². The van der Waals surface area contributed by atoms with Crippen molar-refractivity contribution in [1.29, 1.82) is 0 Å². The molecular formula is C13H21F3N4O2S2. The highest BCUT2D eigenvalue weighted by molar-refractivity contribution is 7.91. The summed E-state index contributed by atoms with van der Waals surface area (Å²) in [5, 5.41) is 5.58. The monoisotopic (exact) mass is 386 g/mol. The first-order chi connectivity index (χ1) is 11.1. The third-order valence-electron chi connectivity index (χ3n) is 2.70. The van der Waals surface area contributed by atoms with E-state index < -0.39 is 22.6 Å². The number of hydrogen-bond acceptors (Lipinski definition) is 4. The summed E-state index contributed by atoms with van der Waals surface area (Å²) in [5.41, 5.74) is 0. The Labute approximate surface area is 143 Å². The quantitative estimate of drug-likeness (QED) is 0.362. The minimum absolute atomic E-state index is 0.0863. The minimum atomic E-state index is -4.25. The Balaban J connectivity index is 2.43. The van der Waals surface area contributed by atoms with Crippen molar-refractivity contribution in [2.24, 2.45) is 4.99 Å². The van der Waals surface area contributed by atoms with Gasteiger partial charge in [-0.15, -0.1) is 11.3 Å². The molecule has 0 aliphatic rings. The predicted octanol–water partition coefficient (Wildman–Crippen LogP) is 1.84. The van der Waals surface area contributed by atoms with Crippen molar-refractivity contribution in [3.05, 3.63) is 17.0 Å². The number of alkyl halides is 3. The van der Waals surface area contributed by atoms with Crippen LogP contribution >= 0.6 is 11.3 Å². The highest BCUT2D eigenvalue weighted by Crippen LogP contribution is 2.20. The number of aliphatic imine (C=N–C) groups is 1. The van der Waals surface area contributed by atoms with Crippen molar-refractivity contribution in [2.75, 3.05) is 26.2 Å². The van der Waals surface area contributed by atoms with Crippen LogP contribution in [0.2, 0.25) is 0 Å². The van der Waals surface area contributed by atoms with Crippen molar-refractivity contribution in [3.63, 3.8) is 0 Å². The fourth-order valence-electron chi connectivity index (χ4n) is 1.63. The summed E-state index contributed by atoms with van der Waals surface area (Å²) >= 11 is 1.17. The van der Waals surface area contributed by atoms with E-state index in [-0.39, 0.29) is 29.8 Å². The molecule has 0 aromatic carbocycles. The average molecular weight is 386 g/mol. The van der Waals surface area contributed by atoms with E-state index in [1.54, 1.807) is 13.0 Å². The van der Waals surface area contributed by atoms with Crippen LogP contribution in [-0.2, 0) is 10.0 Å². The maximum absolute atomic E-state index is 12.1. The number of aryl methyl sites for hydroxylation is 1. The van der Waals surface area contributed by atoms with Crippen LogP contribution in [0.3, 0.4) is 0 Å². The number of sulfonamides is 1. The van der Waals surface area contributed by atoms with Crippen LogP contribution in [0.25, 0.3) is 0 Å². The SMILES string of the molecule is CCNC(=NCCC(F)(F)F)NCCNS(=O)(=O)c1ccc(C)s1. The van der Waals surface area contributed by atoms with Crippen LogP contribution < -0.4 is 15.4 Å². The highest BCUT2D eigenvalue weighted by Gasteiger charge is 2.26. The number of nitrogens with zero attached hydrogens (tertiary/aromatic N) is 1. The number of guanidine groups is 1. The molecule has 11 heteroatoms. The molecule has 0 aliphatic carbocycles. The van der Waals surface area contributed by atoms with Gasteiger partial charge in [0.05, 0.1) is 13.0 Å². The minimum Gasteiger partial charge on any atom is -0.357 e. The van der Waals surface area contributed by atoms with Gasteiger partial charge in [-0.3, -0.25) is 4.99 Å². The first kappa shape index (κ1) is 20.7. The molecule has 1 heterocycles. The van der Waals surface area contributed by atoms with E-state index in [1.165, 1.54) is 17.4 Å². The lowest BCUT2D eigenvalue weighted by Gasteiger charge is -2.12. The first-order valence-electron chi connectivity index (χ1n) is 7.29. The van der Waals surface area contributed by atoms with Gasteiger partial charge in [0.25, 0.3) is 0 Å². The lowest BCUT2D eigenvalue weighted by molar-refractivity contribution is -0.132. The molecule has 0 saturated heterocycles. The van der Waals surface area contributed by atoms with Gasteiger partial charge < -0.3 is 10.6 Å². The van der Waals surface area contributed by atoms with E-state index in [2.05, 4.69) is 20.3 Å². The Morgan fingerprint density at radius 2 is 1.96 bits per heavy atom. The van der Waals surface area contributed by atoms with Gasteiger partial charge in [0, 0.05) is 24.5 Å². The van der Waals surface area contributed by atoms with Crippen molar-refractivity contribution in [3.8, 4) is 0 Å². The second-order valence-corrected chi connectivity index (χ2v) is 8.10. The average Bonchev–Trinajstić information content (AvgIpc) is 2.89. The molecule has 1 aromatic heterocycles. The number of rotatable bonds is 8. The van der Waals surface area contributed by atoms with Crippen LogP contribution in [0, 0.1) is 6.92 Å². The fraction of sp³-hybridized carbons (Fsp3) is 0.615. The van der Waals surface area contributed by atoms with Crippen molar-refractivity contribution in [1.82, 2.24) is 15.4 Å². The summed E-state index contributed by atoms with van der Waals surface area (Å²) in [5.74, 6) is 0.216. The van der Waals surface area contributed by atoms with Gasteiger partial charge in [0.1, 0.15) is 4.21 Å². The molecule has 0 aliphatic heterocycles. The fourth-order valence-corrected chi connectivity index (χ4v) is 3.99. The zero-order valence-corrected chi connectivity index (χ0v) is 15.0. The molecule has 3 N–H and O–H groups in total. The number of hydrogen-bond donors (Lipinski definition) is 3. The molecule has 0 unspecified atom stereocenters. The largest absolute Gasteiger partial charge is 0.390 e. The second-order valence-electron chi connectivity index (χ2n) is 4.82. The van der Waals surface area contributed by atoms with Crippen LogP contribution in [0.5, 0.6) is 0 Å². The summed E-state index contributed by atoms with van der Waals surface area (Å²) in [7, 11) is -3.57. The smallest absolute Gasteiger partial charge is 0.357 e. The van der Waals surface area contributed by atoms with Crippen molar-refractivity contribution in [2.45, 2.75) is 30.7 Å². The third-order valence-corrected chi connectivity index (χ3v) is 5.65. The van der Waals surface area contributed by atoms with Gasteiger partial charge in [-0.25, -0.2) is 13.1 Å². The van der Waals surface area contributed by atoms with Crippen LogP contribution in [0.1, 0.15) is 18.2 Å². The molecular weight excluding hydrogens is 365 g/mol. The Morgan fingerprint density at radius 3 is 2.50 bits per heavy atom. The molecule has 24 heavy (non-hydrogen) atoms. The lowest BCUT2D eigenvalue weighted by Crippen LogP contribution is -2.41. The molecule has 0 spiro atoms. The Bertz CT molecular complexity index is 642. The Morgan fingerprint density at radius 1 is 1.25 bits per heavy atom. The van der Waals surface area contributed by atoms with Crippen molar-refractivity contribution >= 4 is 27.3 Å². The normalized spacial score (nSPS) is 13.1. The Kier molecular flexibility index (Phi) is 7.97. The Hall–Kier alpha value is -1.33. The van der Waals surface area contributed by atoms with E-state index >= 15 is 0 Å². The molecule has 0 radical (unpaired) electrons. The summed E-state index contributed by atoms with van der Waals surface area (Å²) < 4.78 is 63.0. The molecule has 0 fully saturated rings. The maximum Gasteiger partial charge on any atom is 0.390 e. The molecule has 1 rings (SSSR count). The molecule has 1 aromatic rings. The third kappa shape index (κ3) is 7.97. The topological polar surface area (TPSA) is 82.6 Å². The first-order valence-corrected chi connectivity index (χ1v) is 9.59. The second kappa shape index (κ2) is 9.23. The summed E-state index contributed by atoms with van der Waals surface area (Å²) in [4.78, 5) is 4.68. The van der Waals surface area contributed by atoms with Crippen LogP contribution in [0.4, 0.5) is 13.2 Å². The zero-order chi connectivity index (χ0) is 18.2. The van der Waals surface area contributed by atoms with Gasteiger partial charge in [-0.1, -0.05) is 0 Å². The maximum atomic E-state index is 12.1. The van der Waals surface area contributed by atoms with E-state index in [1.807, 2.05) is 6.92 Å². The number of thiophene rings is 1. The lowest BCUT2D eigenvalue weighted by atomic mass is 10.4. The van der Waals surface area contributed by atoms with E-state index in [9.17, 15) is 21.6 Å². The van der Waals surface area contributed by atoms with Gasteiger partial charge in [-0.2, -0.15) is 13.2 Å². The van der Waals surface area contributed by atoms with Gasteiger partial charge in [-0.05, 0) is 26.0 Å². The zero-order valence-electron chi connectivity index (χ0n) is 13.4. The molecule has 6 nitrogen and oxygen atoms in total. The number of nitrogens with one attached hydrogen (secondary N) is 3. The highest BCUT2D eigenvalue weighted by atomic mass is 32.2. The molecule has 0 amide bonds. The summed E-state index contributed by atoms with van der Waals surface area (Å²) in [6.45, 7) is 3.97. The molecule has 0 atom stereocenters. The van der Waals surface area contributed by atoms with Gasteiger partial charge >= 0.3 is 6.18 Å². The molecule has 0 bridgehead atoms. The van der Waals surface area contributed by atoms with Gasteiger partial charge in [0.15, 0.2) is 5.96 Å². The van der Waals surface area contributed by atoms with E-state index in [4.69, 9.17) is 0 Å².